The highest BCUT2D eigenvalue weighted by Gasteiger charge is 2.20. The third kappa shape index (κ3) is 7.68. The molecule has 0 bridgehead atoms. The quantitative estimate of drug-likeness (QED) is 0.600. The molecule has 0 aromatic heterocycles. The van der Waals surface area contributed by atoms with Crippen LogP contribution in [-0.2, 0) is 14.4 Å². The van der Waals surface area contributed by atoms with Gasteiger partial charge in [0, 0.05) is 12.8 Å². The highest BCUT2D eigenvalue weighted by Crippen LogP contribution is 2.27. The fourth-order valence-corrected chi connectivity index (χ4v) is 2.84. The zero-order valence-electron chi connectivity index (χ0n) is 12.5. The summed E-state index contributed by atoms with van der Waals surface area (Å²) >= 11 is 0. The molecule has 1 saturated carbocycles. The van der Waals surface area contributed by atoms with Gasteiger partial charge < -0.3 is 16.2 Å². The summed E-state index contributed by atoms with van der Waals surface area (Å²) in [6, 6.07) is -1.03. The second-order valence-electron chi connectivity index (χ2n) is 5.86. The van der Waals surface area contributed by atoms with Crippen LogP contribution in [-0.4, -0.2) is 28.9 Å². The fourth-order valence-electron chi connectivity index (χ4n) is 2.84. The maximum Gasteiger partial charge on any atom is 0.326 e. The van der Waals surface area contributed by atoms with Crippen molar-refractivity contribution in [1.82, 2.24) is 5.32 Å². The van der Waals surface area contributed by atoms with Gasteiger partial charge in [-0.05, 0) is 25.2 Å². The molecule has 0 aromatic carbocycles. The lowest BCUT2D eigenvalue weighted by molar-refractivity contribution is -0.142. The molecular formula is C15H26N2O4. The van der Waals surface area contributed by atoms with Gasteiger partial charge in [-0.25, -0.2) is 4.79 Å². The van der Waals surface area contributed by atoms with Crippen LogP contribution in [0.4, 0.5) is 0 Å². The SMILES string of the molecule is NC(=O)CC[C@H](NC(=O)CCCC1CCCCC1)C(=O)O. The van der Waals surface area contributed by atoms with Crippen molar-refractivity contribution in [3.63, 3.8) is 0 Å². The number of nitrogens with one attached hydrogen (secondary N) is 1. The average Bonchev–Trinajstić information content (AvgIpc) is 2.44. The lowest BCUT2D eigenvalue weighted by atomic mass is 9.86. The second-order valence-corrected chi connectivity index (χ2v) is 5.86. The number of rotatable bonds is 9. The van der Waals surface area contributed by atoms with Crippen molar-refractivity contribution in [3.8, 4) is 0 Å². The number of carboxylic acid groups (broad SMARTS) is 1. The molecule has 2 amide bonds. The van der Waals surface area contributed by atoms with E-state index < -0.39 is 17.9 Å². The van der Waals surface area contributed by atoms with Gasteiger partial charge in [-0.1, -0.05) is 32.1 Å². The molecule has 0 radical (unpaired) electrons. The molecule has 1 atom stereocenters. The van der Waals surface area contributed by atoms with E-state index in [0.717, 1.165) is 18.8 Å². The van der Waals surface area contributed by atoms with Crippen molar-refractivity contribution in [2.45, 2.75) is 70.3 Å². The van der Waals surface area contributed by atoms with E-state index in [1.54, 1.807) is 0 Å². The van der Waals surface area contributed by atoms with Crippen molar-refractivity contribution in [1.29, 1.82) is 0 Å². The van der Waals surface area contributed by atoms with Gasteiger partial charge in [0.1, 0.15) is 6.04 Å². The summed E-state index contributed by atoms with van der Waals surface area (Å²) in [6.07, 6.45) is 8.55. The van der Waals surface area contributed by atoms with Crippen molar-refractivity contribution in [3.05, 3.63) is 0 Å². The Hall–Kier alpha value is -1.59. The predicted octanol–water partition coefficient (Wildman–Crippen LogP) is 1.57. The van der Waals surface area contributed by atoms with E-state index in [2.05, 4.69) is 5.32 Å². The van der Waals surface area contributed by atoms with Gasteiger partial charge in [-0.2, -0.15) is 0 Å². The van der Waals surface area contributed by atoms with Gasteiger partial charge in [0.15, 0.2) is 0 Å². The van der Waals surface area contributed by atoms with Crippen molar-refractivity contribution in [2.24, 2.45) is 11.7 Å². The van der Waals surface area contributed by atoms with Crippen LogP contribution in [0.3, 0.4) is 0 Å². The minimum Gasteiger partial charge on any atom is -0.480 e. The van der Waals surface area contributed by atoms with Gasteiger partial charge in [-0.15, -0.1) is 0 Å². The first-order valence-electron chi connectivity index (χ1n) is 7.79. The van der Waals surface area contributed by atoms with Crippen LogP contribution in [0.25, 0.3) is 0 Å². The Morgan fingerprint density at radius 2 is 1.81 bits per heavy atom. The lowest BCUT2D eigenvalue weighted by Crippen LogP contribution is -2.41. The number of aliphatic carboxylic acids is 1. The summed E-state index contributed by atoms with van der Waals surface area (Å²) in [6.45, 7) is 0. The maximum atomic E-state index is 11.8. The predicted molar refractivity (Wildman–Crippen MR) is 78.4 cm³/mol. The van der Waals surface area contributed by atoms with E-state index in [0.29, 0.717) is 6.42 Å². The number of hydrogen-bond acceptors (Lipinski definition) is 3. The zero-order valence-corrected chi connectivity index (χ0v) is 12.5. The molecule has 6 heteroatoms. The first-order chi connectivity index (χ1) is 9.99. The Morgan fingerprint density at radius 1 is 1.14 bits per heavy atom. The monoisotopic (exact) mass is 298 g/mol. The highest BCUT2D eigenvalue weighted by molar-refractivity contribution is 5.84. The molecule has 1 aliphatic carbocycles. The minimum atomic E-state index is -1.13. The molecule has 0 aromatic rings. The highest BCUT2D eigenvalue weighted by atomic mass is 16.4. The first-order valence-corrected chi connectivity index (χ1v) is 7.79. The molecule has 1 aliphatic rings. The number of carbonyl (C=O) groups excluding carboxylic acids is 2. The largest absolute Gasteiger partial charge is 0.480 e. The molecule has 0 aliphatic heterocycles. The molecule has 0 heterocycles. The molecule has 120 valence electrons. The number of carbonyl (C=O) groups is 3. The van der Waals surface area contributed by atoms with E-state index in [4.69, 9.17) is 10.8 Å². The van der Waals surface area contributed by atoms with E-state index in [1.807, 2.05) is 0 Å². The third-order valence-electron chi connectivity index (χ3n) is 4.05. The van der Waals surface area contributed by atoms with Crippen LogP contribution in [0.1, 0.15) is 64.2 Å². The minimum absolute atomic E-state index is 0.0407. The summed E-state index contributed by atoms with van der Waals surface area (Å²) in [7, 11) is 0. The Morgan fingerprint density at radius 3 is 2.38 bits per heavy atom. The molecule has 0 saturated heterocycles. The van der Waals surface area contributed by atoms with Gasteiger partial charge in [-0.3, -0.25) is 9.59 Å². The molecule has 0 spiro atoms. The fraction of sp³-hybridized carbons (Fsp3) is 0.800. The average molecular weight is 298 g/mol. The van der Waals surface area contributed by atoms with Crippen LogP contribution in [0.5, 0.6) is 0 Å². The second kappa shape index (κ2) is 9.37. The van der Waals surface area contributed by atoms with Crippen LogP contribution in [0.15, 0.2) is 0 Å². The van der Waals surface area contributed by atoms with E-state index in [1.165, 1.54) is 32.1 Å². The molecule has 1 rings (SSSR count). The van der Waals surface area contributed by atoms with Gasteiger partial charge in [0.2, 0.25) is 11.8 Å². The Balaban J connectivity index is 2.22. The van der Waals surface area contributed by atoms with Gasteiger partial charge in [0.05, 0.1) is 0 Å². The van der Waals surface area contributed by atoms with Gasteiger partial charge >= 0.3 is 5.97 Å². The van der Waals surface area contributed by atoms with Crippen LogP contribution >= 0.6 is 0 Å². The zero-order chi connectivity index (χ0) is 15.7. The molecule has 4 N–H and O–H groups in total. The lowest BCUT2D eigenvalue weighted by Gasteiger charge is -2.21. The van der Waals surface area contributed by atoms with E-state index in [-0.39, 0.29) is 18.7 Å². The summed E-state index contributed by atoms with van der Waals surface area (Å²) in [5.74, 6) is -1.23. The third-order valence-corrected chi connectivity index (χ3v) is 4.05. The number of nitrogens with two attached hydrogens (primary N) is 1. The summed E-state index contributed by atoms with van der Waals surface area (Å²) < 4.78 is 0. The van der Waals surface area contributed by atoms with Crippen molar-refractivity contribution >= 4 is 17.8 Å². The van der Waals surface area contributed by atoms with Crippen molar-refractivity contribution < 1.29 is 19.5 Å². The number of primary amides is 1. The number of hydrogen-bond donors (Lipinski definition) is 3. The summed E-state index contributed by atoms with van der Waals surface area (Å²) in [4.78, 5) is 33.4. The van der Waals surface area contributed by atoms with E-state index >= 15 is 0 Å². The molecule has 0 unspecified atom stereocenters. The number of amides is 2. The van der Waals surface area contributed by atoms with Crippen LogP contribution in [0.2, 0.25) is 0 Å². The van der Waals surface area contributed by atoms with Crippen LogP contribution in [0, 0.1) is 5.92 Å². The van der Waals surface area contributed by atoms with Gasteiger partial charge in [0.25, 0.3) is 0 Å². The maximum absolute atomic E-state index is 11.8. The van der Waals surface area contributed by atoms with E-state index in [9.17, 15) is 14.4 Å². The summed E-state index contributed by atoms with van der Waals surface area (Å²) in [5.41, 5.74) is 4.99. The van der Waals surface area contributed by atoms with Crippen LogP contribution < -0.4 is 11.1 Å². The topological polar surface area (TPSA) is 109 Å². The Labute approximate surface area is 125 Å². The smallest absolute Gasteiger partial charge is 0.326 e. The Kier molecular flexibility index (Phi) is 7.79. The molecule has 6 nitrogen and oxygen atoms in total. The molecule has 21 heavy (non-hydrogen) atoms. The standard InChI is InChI=1S/C15H26N2O4/c16-13(18)10-9-12(15(20)21)17-14(19)8-4-7-11-5-2-1-3-6-11/h11-12H,1-10H2,(H2,16,18)(H,17,19)(H,20,21)/t12-/m0/s1. The summed E-state index contributed by atoms with van der Waals surface area (Å²) in [5, 5.41) is 11.5. The molecular weight excluding hydrogens is 272 g/mol. The Bertz CT molecular complexity index is 365. The first kappa shape index (κ1) is 17.5. The molecule has 1 fully saturated rings. The van der Waals surface area contributed by atoms with Crippen molar-refractivity contribution in [2.75, 3.05) is 0 Å². The number of carboxylic acids is 1. The normalized spacial score (nSPS) is 17.1.